The number of hydrogen-bond acceptors (Lipinski definition) is 8. The predicted octanol–water partition coefficient (Wildman–Crippen LogP) is 4.48. The molecule has 0 aliphatic heterocycles. The molecule has 0 aliphatic carbocycles. The number of hydrogen-bond donors (Lipinski definition) is 2. The number of alkyl halides is 3. The summed E-state index contributed by atoms with van der Waals surface area (Å²) in [6.45, 7) is -0.358. The molecular weight excluding hydrogens is 630 g/mol. The largest absolute Gasteiger partial charge is 0.452 e. The van der Waals surface area contributed by atoms with Gasteiger partial charge >= 0.3 is 12.3 Å². The summed E-state index contributed by atoms with van der Waals surface area (Å²) in [7, 11) is 2.33. The van der Waals surface area contributed by atoms with Crippen LogP contribution in [-0.4, -0.2) is 66.8 Å². The van der Waals surface area contributed by atoms with Gasteiger partial charge in [-0.25, -0.2) is 19.5 Å². The topological polar surface area (TPSA) is 149 Å². The average molecular weight is 647 g/mol. The van der Waals surface area contributed by atoms with Crippen LogP contribution in [0.2, 0.25) is 15.1 Å². The van der Waals surface area contributed by atoms with Crippen LogP contribution in [0.25, 0.3) is 5.82 Å². The number of carbonyl (C=O) groups is 3. The fourth-order valence-corrected chi connectivity index (χ4v) is 4.21. The number of nitrogens with one attached hydrogen (secondary N) is 2. The first-order chi connectivity index (χ1) is 19.8. The average Bonchev–Trinajstić information content (AvgIpc) is 3.57. The molecule has 0 atom stereocenters. The van der Waals surface area contributed by atoms with Crippen molar-refractivity contribution < 1.29 is 32.3 Å². The zero-order chi connectivity index (χ0) is 30.8. The smallest absolute Gasteiger partial charge is 0.436 e. The molecule has 0 saturated heterocycles. The Hall–Kier alpha value is -4.41. The quantitative estimate of drug-likeness (QED) is 0.291. The van der Waals surface area contributed by atoms with Gasteiger partial charge in [-0.2, -0.15) is 28.2 Å². The number of pyridine rings is 1. The molecule has 0 saturated carbocycles. The molecule has 220 valence electrons. The monoisotopic (exact) mass is 645 g/mol. The highest BCUT2D eigenvalue weighted by molar-refractivity contribution is 6.38. The molecular formula is C23H17Cl3F3N9O4. The van der Waals surface area contributed by atoms with Crippen molar-refractivity contribution in [1.29, 1.82) is 0 Å². The van der Waals surface area contributed by atoms with Gasteiger partial charge in [-0.1, -0.05) is 34.8 Å². The molecule has 0 radical (unpaired) electrons. The first-order valence-electron chi connectivity index (χ1n) is 11.4. The van der Waals surface area contributed by atoms with Crippen LogP contribution in [0.5, 0.6) is 0 Å². The first kappa shape index (κ1) is 30.5. The molecule has 13 nitrogen and oxygen atoms in total. The van der Waals surface area contributed by atoms with Gasteiger partial charge in [-0.3, -0.25) is 15.0 Å². The first-order valence-corrected chi connectivity index (χ1v) is 12.5. The number of methoxy groups -OCH3 is 1. The fraction of sp³-hybridized carbons (Fsp3) is 0.174. The molecule has 1 aromatic carbocycles. The molecule has 0 bridgehead atoms. The van der Waals surface area contributed by atoms with E-state index in [1.807, 2.05) is 0 Å². The van der Waals surface area contributed by atoms with Gasteiger partial charge in [-0.15, -0.1) is 5.10 Å². The molecule has 0 aliphatic rings. The van der Waals surface area contributed by atoms with Crippen molar-refractivity contribution in [3.8, 4) is 5.82 Å². The van der Waals surface area contributed by atoms with Gasteiger partial charge in [0.15, 0.2) is 11.5 Å². The van der Waals surface area contributed by atoms with Crippen molar-refractivity contribution in [3.05, 3.63) is 80.4 Å². The number of aromatic nitrogens is 6. The van der Waals surface area contributed by atoms with Crippen LogP contribution in [0.1, 0.15) is 32.2 Å². The SMILES string of the molecule is COC(=O)N(C)NC(=O)c1cc(Cl)cc(Cl)c1NC(=O)c1cc(Cn2ncc(C(F)(F)F)n2)nn1-c1ncccc1Cl. The molecule has 0 fully saturated rings. The summed E-state index contributed by atoms with van der Waals surface area (Å²) in [5.41, 5.74) is 0.492. The van der Waals surface area contributed by atoms with Gasteiger partial charge < -0.3 is 10.1 Å². The number of hydrazine groups is 1. The van der Waals surface area contributed by atoms with Gasteiger partial charge in [0.2, 0.25) is 0 Å². The van der Waals surface area contributed by atoms with Crippen molar-refractivity contribution in [1.82, 2.24) is 40.2 Å². The maximum atomic E-state index is 13.6. The Balaban J connectivity index is 1.72. The maximum absolute atomic E-state index is 13.6. The van der Waals surface area contributed by atoms with Gasteiger partial charge in [0.05, 0.1) is 40.3 Å². The standard InChI is InChI=1S/C23H17Cl3F3N9O4/c1-36(22(41)42-2)35-20(39)13-6-11(24)7-15(26)18(13)32-21(40)16-8-12(10-37-31-9-17(34-37)23(27,28)29)33-38(16)19-14(25)4-3-5-30-19/h3-9H,10H2,1-2H3,(H,32,40)(H,35,39). The van der Waals surface area contributed by atoms with E-state index in [0.717, 1.165) is 21.6 Å². The number of anilines is 1. The van der Waals surface area contributed by atoms with E-state index in [-0.39, 0.29) is 50.1 Å². The number of benzene rings is 1. The van der Waals surface area contributed by atoms with Crippen LogP contribution in [0.4, 0.5) is 23.7 Å². The number of amides is 3. The van der Waals surface area contributed by atoms with Gasteiger partial charge in [-0.05, 0) is 30.3 Å². The van der Waals surface area contributed by atoms with Crippen LogP contribution >= 0.6 is 34.8 Å². The molecule has 3 amide bonds. The lowest BCUT2D eigenvalue weighted by Crippen LogP contribution is -2.43. The normalized spacial score (nSPS) is 11.2. The lowest BCUT2D eigenvalue weighted by molar-refractivity contribution is -0.141. The summed E-state index contributed by atoms with van der Waals surface area (Å²) < 4.78 is 44.5. The predicted molar refractivity (Wildman–Crippen MR) is 143 cm³/mol. The van der Waals surface area contributed by atoms with E-state index in [0.29, 0.717) is 6.20 Å². The lowest BCUT2D eigenvalue weighted by atomic mass is 10.1. The minimum absolute atomic E-state index is 0.0137. The number of carbonyl (C=O) groups excluding carboxylic acids is 3. The highest BCUT2D eigenvalue weighted by Gasteiger charge is 2.34. The molecule has 3 heterocycles. The van der Waals surface area contributed by atoms with Crippen LogP contribution in [0.15, 0.2) is 42.7 Å². The number of rotatable bonds is 6. The van der Waals surface area contributed by atoms with E-state index in [2.05, 4.69) is 35.8 Å². The Morgan fingerprint density at radius 1 is 1.07 bits per heavy atom. The molecule has 4 rings (SSSR count). The van der Waals surface area contributed by atoms with Crippen molar-refractivity contribution in [2.24, 2.45) is 0 Å². The highest BCUT2D eigenvalue weighted by atomic mass is 35.5. The molecule has 2 N–H and O–H groups in total. The van der Waals surface area contributed by atoms with Crippen molar-refractivity contribution in [2.75, 3.05) is 19.5 Å². The van der Waals surface area contributed by atoms with Crippen LogP contribution in [0, 0.1) is 0 Å². The van der Waals surface area contributed by atoms with E-state index in [1.165, 1.54) is 43.6 Å². The summed E-state index contributed by atoms with van der Waals surface area (Å²) in [5.74, 6) is -1.74. The van der Waals surface area contributed by atoms with E-state index in [4.69, 9.17) is 34.8 Å². The molecule has 0 unspecified atom stereocenters. The minimum atomic E-state index is -4.71. The third-order valence-electron chi connectivity index (χ3n) is 5.32. The van der Waals surface area contributed by atoms with Crippen LogP contribution < -0.4 is 10.7 Å². The zero-order valence-electron chi connectivity index (χ0n) is 21.3. The fourth-order valence-electron chi connectivity index (χ4n) is 3.46. The molecule has 3 aromatic heterocycles. The van der Waals surface area contributed by atoms with E-state index in [9.17, 15) is 27.6 Å². The third-order valence-corrected chi connectivity index (χ3v) is 6.13. The Morgan fingerprint density at radius 2 is 1.81 bits per heavy atom. The van der Waals surface area contributed by atoms with Crippen molar-refractivity contribution in [2.45, 2.75) is 12.7 Å². The Morgan fingerprint density at radius 3 is 2.45 bits per heavy atom. The summed E-state index contributed by atoms with van der Waals surface area (Å²) in [5, 5.41) is 14.5. The van der Waals surface area contributed by atoms with E-state index >= 15 is 0 Å². The van der Waals surface area contributed by atoms with Crippen LogP contribution in [-0.2, 0) is 17.5 Å². The number of ether oxygens (including phenoxy) is 1. The summed E-state index contributed by atoms with van der Waals surface area (Å²) >= 11 is 18.7. The summed E-state index contributed by atoms with van der Waals surface area (Å²) in [4.78, 5) is 43.1. The number of nitrogens with zero attached hydrogens (tertiary/aromatic N) is 7. The second kappa shape index (κ2) is 12.2. The Labute approximate surface area is 249 Å². The summed E-state index contributed by atoms with van der Waals surface area (Å²) in [6.07, 6.45) is -3.67. The van der Waals surface area contributed by atoms with E-state index in [1.54, 1.807) is 0 Å². The Bertz CT molecular complexity index is 1680. The van der Waals surface area contributed by atoms with E-state index < -0.39 is 29.8 Å². The maximum Gasteiger partial charge on any atom is 0.436 e. The molecule has 42 heavy (non-hydrogen) atoms. The van der Waals surface area contributed by atoms with Crippen LogP contribution in [0.3, 0.4) is 0 Å². The van der Waals surface area contributed by atoms with Crippen molar-refractivity contribution >= 4 is 58.4 Å². The van der Waals surface area contributed by atoms with Gasteiger partial charge in [0.25, 0.3) is 11.8 Å². The van der Waals surface area contributed by atoms with Crippen molar-refractivity contribution in [3.63, 3.8) is 0 Å². The van der Waals surface area contributed by atoms with Gasteiger partial charge in [0, 0.05) is 18.3 Å². The molecule has 4 aromatic rings. The second-order valence-electron chi connectivity index (χ2n) is 8.23. The minimum Gasteiger partial charge on any atom is -0.452 e. The van der Waals surface area contributed by atoms with Gasteiger partial charge in [0.1, 0.15) is 12.2 Å². The summed E-state index contributed by atoms with van der Waals surface area (Å²) in [6, 6.07) is 6.72. The molecule has 0 spiro atoms. The second-order valence-corrected chi connectivity index (χ2v) is 9.48. The number of halogens is 6. The Kier molecular flexibility index (Phi) is 8.89. The molecule has 19 heteroatoms. The zero-order valence-corrected chi connectivity index (χ0v) is 23.5. The lowest BCUT2D eigenvalue weighted by Gasteiger charge is -2.19. The third kappa shape index (κ3) is 6.72. The highest BCUT2D eigenvalue weighted by Crippen LogP contribution is 2.31.